The van der Waals surface area contributed by atoms with E-state index >= 15 is 0 Å². The Morgan fingerprint density at radius 1 is 1.16 bits per heavy atom. The lowest BCUT2D eigenvalue weighted by atomic mass is 10.2. The summed E-state index contributed by atoms with van der Waals surface area (Å²) < 4.78 is 5.51. The second kappa shape index (κ2) is 9.04. The van der Waals surface area contributed by atoms with Gasteiger partial charge in [0, 0.05) is 48.2 Å². The molecule has 0 aliphatic rings. The number of anilines is 5. The van der Waals surface area contributed by atoms with Gasteiger partial charge in [0.25, 0.3) is 5.91 Å². The molecule has 2 aromatic heterocycles. The van der Waals surface area contributed by atoms with Gasteiger partial charge in [0.15, 0.2) is 6.61 Å². The minimum Gasteiger partial charge on any atom is -0.484 e. The van der Waals surface area contributed by atoms with Crippen LogP contribution >= 0.6 is 0 Å². The first-order valence-corrected chi connectivity index (χ1v) is 9.78. The molecule has 32 heavy (non-hydrogen) atoms. The van der Waals surface area contributed by atoms with Crippen molar-refractivity contribution in [3.05, 3.63) is 60.3 Å². The van der Waals surface area contributed by atoms with Crippen LogP contribution in [-0.4, -0.2) is 40.7 Å². The van der Waals surface area contributed by atoms with E-state index < -0.39 is 0 Å². The summed E-state index contributed by atoms with van der Waals surface area (Å²) in [6, 6.07) is 14.4. The van der Waals surface area contributed by atoms with E-state index in [2.05, 4.69) is 30.9 Å². The predicted molar refractivity (Wildman–Crippen MR) is 125 cm³/mol. The fourth-order valence-electron chi connectivity index (χ4n) is 3.03. The molecule has 0 unspecified atom stereocenters. The van der Waals surface area contributed by atoms with Crippen molar-refractivity contribution in [3.63, 3.8) is 0 Å². The summed E-state index contributed by atoms with van der Waals surface area (Å²) in [6.45, 7) is -0.0660. The average Bonchev–Trinajstić information content (AvgIpc) is 3.27. The van der Waals surface area contributed by atoms with Gasteiger partial charge in [-0.1, -0.05) is 6.07 Å². The molecule has 162 valence electrons. The Morgan fingerprint density at radius 2 is 2.00 bits per heavy atom. The van der Waals surface area contributed by atoms with E-state index in [9.17, 15) is 4.79 Å². The van der Waals surface area contributed by atoms with Crippen LogP contribution in [0.3, 0.4) is 0 Å². The maximum Gasteiger partial charge on any atom is 0.257 e. The molecule has 4 aromatic rings. The summed E-state index contributed by atoms with van der Waals surface area (Å²) in [5, 5.41) is 17.1. The highest BCUT2D eigenvalue weighted by Gasteiger charge is 2.11. The smallest absolute Gasteiger partial charge is 0.257 e. The fourth-order valence-corrected chi connectivity index (χ4v) is 3.03. The number of carbonyl (C=O) groups is 1. The molecule has 0 bridgehead atoms. The predicted octanol–water partition coefficient (Wildman–Crippen LogP) is 3.15. The molecule has 7 N–H and O–H groups in total. The van der Waals surface area contributed by atoms with Crippen molar-refractivity contribution in [3.8, 4) is 5.75 Å². The van der Waals surface area contributed by atoms with Gasteiger partial charge >= 0.3 is 0 Å². The van der Waals surface area contributed by atoms with Crippen LogP contribution in [0.2, 0.25) is 0 Å². The van der Waals surface area contributed by atoms with Gasteiger partial charge in [-0.25, -0.2) is 0 Å². The largest absolute Gasteiger partial charge is 0.484 e. The highest BCUT2D eigenvalue weighted by atomic mass is 16.5. The minimum absolute atomic E-state index is 0.0660. The Kier molecular flexibility index (Phi) is 5.84. The van der Waals surface area contributed by atoms with Gasteiger partial charge in [0.1, 0.15) is 17.2 Å². The first-order valence-electron chi connectivity index (χ1n) is 9.78. The molecular weight excluding hydrogens is 408 g/mol. The molecule has 0 aliphatic carbocycles. The Labute approximate surface area is 183 Å². The van der Waals surface area contributed by atoms with Crippen LogP contribution in [0.5, 0.6) is 5.75 Å². The third kappa shape index (κ3) is 4.59. The second-order valence-electron chi connectivity index (χ2n) is 6.86. The Hall–Kier alpha value is -4.60. The minimum atomic E-state index is -0.210. The van der Waals surface area contributed by atoms with Crippen molar-refractivity contribution in [2.45, 2.75) is 0 Å². The number of ether oxygens (including phenoxy) is 1. The molecule has 0 saturated carbocycles. The van der Waals surface area contributed by atoms with Crippen LogP contribution in [0.1, 0.15) is 5.56 Å². The van der Waals surface area contributed by atoms with Crippen molar-refractivity contribution in [1.29, 1.82) is 5.41 Å². The topological polar surface area (TPSA) is 154 Å². The highest BCUT2D eigenvalue weighted by molar-refractivity contribution is 5.91. The Morgan fingerprint density at radius 3 is 2.78 bits per heavy atom. The molecule has 1 amide bonds. The number of H-pyrrole nitrogens is 1. The number of hydrogen-bond acceptors (Lipinski definition) is 8. The summed E-state index contributed by atoms with van der Waals surface area (Å²) in [5.41, 5.74) is 9.19. The van der Waals surface area contributed by atoms with Crippen LogP contribution in [-0.2, 0) is 4.79 Å². The third-order valence-electron chi connectivity index (χ3n) is 4.66. The van der Waals surface area contributed by atoms with E-state index in [-0.39, 0.29) is 12.5 Å². The lowest BCUT2D eigenvalue weighted by Gasteiger charge is -2.12. The highest BCUT2D eigenvalue weighted by Crippen LogP contribution is 2.28. The van der Waals surface area contributed by atoms with Crippen molar-refractivity contribution in [2.24, 2.45) is 0 Å². The molecule has 0 fully saturated rings. The van der Waals surface area contributed by atoms with Crippen LogP contribution in [0, 0.1) is 5.41 Å². The van der Waals surface area contributed by atoms with E-state index in [1.807, 2.05) is 18.2 Å². The summed E-state index contributed by atoms with van der Waals surface area (Å²) >= 11 is 0. The van der Waals surface area contributed by atoms with Crippen molar-refractivity contribution in [1.82, 2.24) is 20.3 Å². The monoisotopic (exact) mass is 430 g/mol. The SMILES string of the molecule is CNC(=O)COc1cccc(Nc2nc(Nc3ccc(C=N)c(N)c3)nc3[nH]ccc23)c1. The molecule has 0 saturated heterocycles. The number of hydrogen-bond donors (Lipinski definition) is 6. The number of nitrogens with zero attached hydrogens (tertiary/aromatic N) is 2. The number of benzene rings is 2. The van der Waals surface area contributed by atoms with Gasteiger partial charge < -0.3 is 36.8 Å². The summed E-state index contributed by atoms with van der Waals surface area (Å²) in [5.74, 6) is 1.30. The van der Waals surface area contributed by atoms with Gasteiger partial charge in [0.2, 0.25) is 5.95 Å². The number of fused-ring (bicyclic) bond motifs is 1. The summed E-state index contributed by atoms with van der Waals surface area (Å²) in [6.07, 6.45) is 2.99. The zero-order valence-electron chi connectivity index (χ0n) is 17.3. The Bertz CT molecular complexity index is 1280. The molecule has 4 rings (SSSR count). The van der Waals surface area contributed by atoms with Gasteiger partial charge in [-0.2, -0.15) is 9.97 Å². The summed E-state index contributed by atoms with van der Waals surface area (Å²) in [7, 11) is 1.56. The normalized spacial score (nSPS) is 10.5. The molecule has 10 nitrogen and oxygen atoms in total. The number of nitrogens with two attached hydrogens (primary N) is 1. The number of carbonyl (C=O) groups excluding carboxylic acids is 1. The summed E-state index contributed by atoms with van der Waals surface area (Å²) in [4.78, 5) is 23.6. The number of nitrogen functional groups attached to an aromatic ring is 1. The number of aromatic nitrogens is 3. The second-order valence-corrected chi connectivity index (χ2v) is 6.86. The van der Waals surface area contributed by atoms with E-state index in [0.717, 1.165) is 11.1 Å². The van der Waals surface area contributed by atoms with Crippen LogP contribution in [0.4, 0.5) is 28.8 Å². The first-order chi connectivity index (χ1) is 15.6. The van der Waals surface area contributed by atoms with E-state index in [0.29, 0.717) is 40.1 Å². The number of nitrogens with one attached hydrogen (secondary N) is 5. The number of aromatic amines is 1. The van der Waals surface area contributed by atoms with Gasteiger partial charge in [-0.05, 0) is 36.4 Å². The quantitative estimate of drug-likeness (QED) is 0.185. The number of rotatable bonds is 8. The van der Waals surface area contributed by atoms with E-state index in [4.69, 9.17) is 15.9 Å². The van der Waals surface area contributed by atoms with Crippen LogP contribution < -0.4 is 26.4 Å². The molecule has 10 heteroatoms. The van der Waals surface area contributed by atoms with Crippen LogP contribution in [0.25, 0.3) is 11.0 Å². The number of likely N-dealkylation sites (N-methyl/N-ethyl adjacent to an activating group) is 1. The van der Waals surface area contributed by atoms with Crippen molar-refractivity contribution in [2.75, 3.05) is 30.0 Å². The third-order valence-corrected chi connectivity index (χ3v) is 4.66. The molecule has 0 aliphatic heterocycles. The Balaban J connectivity index is 1.59. The maximum atomic E-state index is 11.4. The molecule has 2 aromatic carbocycles. The molecule has 0 atom stereocenters. The number of amides is 1. The standard InChI is InChI=1S/C22H22N8O2/c1-25-19(31)12-32-16-4-2-3-14(9-16)27-21-17-7-8-26-20(17)29-22(30-21)28-15-6-5-13(11-23)18(24)10-15/h2-11,23H,12,24H2,1H3,(H,25,31)(H3,26,27,28,29,30). The lowest BCUT2D eigenvalue weighted by molar-refractivity contribution is -0.122. The molecule has 0 spiro atoms. The van der Waals surface area contributed by atoms with Crippen molar-refractivity contribution >= 4 is 52.0 Å². The molecule has 2 heterocycles. The van der Waals surface area contributed by atoms with E-state index in [1.54, 1.807) is 43.6 Å². The molecular formula is C22H22N8O2. The zero-order chi connectivity index (χ0) is 22.5. The van der Waals surface area contributed by atoms with Gasteiger partial charge in [-0.15, -0.1) is 0 Å². The molecule has 0 radical (unpaired) electrons. The lowest BCUT2D eigenvalue weighted by Crippen LogP contribution is -2.24. The van der Waals surface area contributed by atoms with Crippen molar-refractivity contribution < 1.29 is 9.53 Å². The first kappa shape index (κ1) is 20.7. The van der Waals surface area contributed by atoms with Gasteiger partial charge in [-0.3, -0.25) is 4.79 Å². The van der Waals surface area contributed by atoms with Gasteiger partial charge in [0.05, 0.1) is 5.39 Å². The van der Waals surface area contributed by atoms with E-state index in [1.165, 1.54) is 6.21 Å². The average molecular weight is 430 g/mol. The zero-order valence-corrected chi connectivity index (χ0v) is 17.3. The fraction of sp³-hybridized carbons (Fsp3) is 0.0909. The maximum absolute atomic E-state index is 11.4. The van der Waals surface area contributed by atoms with Crippen LogP contribution in [0.15, 0.2) is 54.7 Å².